The fourth-order valence-electron chi connectivity index (χ4n) is 2.74. The van der Waals surface area contributed by atoms with E-state index in [1.165, 1.54) is 4.90 Å². The zero-order chi connectivity index (χ0) is 16.6. The molecule has 2 amide bonds. The Morgan fingerprint density at radius 3 is 2.74 bits per heavy atom. The first kappa shape index (κ1) is 15.5. The fourth-order valence-corrected chi connectivity index (χ4v) is 2.74. The van der Waals surface area contributed by atoms with E-state index in [0.717, 1.165) is 11.3 Å². The van der Waals surface area contributed by atoms with Crippen LogP contribution >= 0.6 is 0 Å². The quantitative estimate of drug-likeness (QED) is 0.783. The summed E-state index contributed by atoms with van der Waals surface area (Å²) < 4.78 is 7.28. The first-order chi connectivity index (χ1) is 10.9. The number of aromatic nitrogens is 3. The molecule has 0 bridgehead atoms. The number of hydrogen-bond acceptors (Lipinski definition) is 5. The summed E-state index contributed by atoms with van der Waals surface area (Å²) in [6.07, 6.45) is 5.99. The van der Waals surface area contributed by atoms with Gasteiger partial charge in [-0.3, -0.25) is 19.2 Å². The van der Waals surface area contributed by atoms with E-state index in [0.29, 0.717) is 12.3 Å². The third-order valence-electron chi connectivity index (χ3n) is 4.01. The van der Waals surface area contributed by atoms with Crippen LogP contribution in [0.2, 0.25) is 0 Å². The van der Waals surface area contributed by atoms with Crippen LogP contribution in [-0.2, 0) is 29.6 Å². The minimum atomic E-state index is -0.328. The Kier molecular flexibility index (Phi) is 4.02. The van der Waals surface area contributed by atoms with Gasteiger partial charge in [0.2, 0.25) is 17.7 Å². The first-order valence-electron chi connectivity index (χ1n) is 7.70. The Hall–Kier alpha value is -2.44. The average molecular weight is 316 g/mol. The van der Waals surface area contributed by atoms with E-state index >= 15 is 0 Å². The van der Waals surface area contributed by atoms with Gasteiger partial charge < -0.3 is 4.42 Å². The number of likely N-dealkylation sites (tertiary alicyclic amines) is 1. The van der Waals surface area contributed by atoms with Gasteiger partial charge in [-0.15, -0.1) is 0 Å². The third-order valence-corrected chi connectivity index (χ3v) is 4.01. The largest absolute Gasteiger partial charge is 0.443 e. The van der Waals surface area contributed by atoms with Crippen molar-refractivity contribution in [2.24, 2.45) is 13.0 Å². The normalized spacial score (nSPS) is 18.4. The maximum absolute atomic E-state index is 12.5. The number of hydrogen-bond donors (Lipinski definition) is 0. The van der Waals surface area contributed by atoms with Crippen LogP contribution in [0.5, 0.6) is 0 Å². The van der Waals surface area contributed by atoms with Crippen LogP contribution in [-0.4, -0.2) is 31.5 Å². The predicted octanol–water partition coefficient (Wildman–Crippen LogP) is 1.65. The Balaban J connectivity index is 1.68. The van der Waals surface area contributed by atoms with Crippen LogP contribution in [0.4, 0.5) is 0 Å². The second kappa shape index (κ2) is 5.98. The smallest absolute Gasteiger partial charge is 0.233 e. The zero-order valence-corrected chi connectivity index (χ0v) is 13.5. The number of aryl methyl sites for hydroxylation is 1. The van der Waals surface area contributed by atoms with E-state index in [-0.39, 0.29) is 36.6 Å². The van der Waals surface area contributed by atoms with E-state index in [9.17, 15) is 9.59 Å². The molecule has 3 heterocycles. The summed E-state index contributed by atoms with van der Waals surface area (Å²) in [4.78, 5) is 30.0. The van der Waals surface area contributed by atoms with Crippen LogP contribution < -0.4 is 0 Å². The lowest BCUT2D eigenvalue weighted by Crippen LogP contribution is -2.30. The van der Waals surface area contributed by atoms with E-state index in [4.69, 9.17) is 4.42 Å². The molecule has 1 fully saturated rings. The number of rotatable bonds is 5. The lowest BCUT2D eigenvalue weighted by molar-refractivity contribution is -0.140. The molecular weight excluding hydrogens is 296 g/mol. The highest BCUT2D eigenvalue weighted by molar-refractivity contribution is 6.03. The molecule has 0 radical (unpaired) electrons. The van der Waals surface area contributed by atoms with Crippen LogP contribution in [0.25, 0.3) is 0 Å². The molecule has 7 heteroatoms. The van der Waals surface area contributed by atoms with Gasteiger partial charge in [0, 0.05) is 25.6 Å². The summed E-state index contributed by atoms with van der Waals surface area (Å²) in [5, 5.41) is 4.09. The Bertz CT molecular complexity index is 731. The van der Waals surface area contributed by atoms with E-state index in [1.54, 1.807) is 17.1 Å². The molecular formula is C16H20N4O3. The Labute approximate surface area is 134 Å². The van der Waals surface area contributed by atoms with Gasteiger partial charge >= 0.3 is 0 Å². The van der Waals surface area contributed by atoms with E-state index < -0.39 is 0 Å². The number of oxazole rings is 1. The highest BCUT2D eigenvalue weighted by atomic mass is 16.4. The molecule has 1 atom stereocenters. The predicted molar refractivity (Wildman–Crippen MR) is 81.2 cm³/mol. The summed E-state index contributed by atoms with van der Waals surface area (Å²) in [5.74, 6) is 0.713. The molecule has 1 saturated heterocycles. The summed E-state index contributed by atoms with van der Waals surface area (Å²) in [6, 6.07) is 0. The summed E-state index contributed by atoms with van der Waals surface area (Å²) in [6.45, 7) is 4.11. The van der Waals surface area contributed by atoms with E-state index in [1.807, 2.05) is 27.1 Å². The van der Waals surface area contributed by atoms with Gasteiger partial charge in [-0.25, -0.2) is 4.98 Å². The van der Waals surface area contributed by atoms with Gasteiger partial charge in [0.05, 0.1) is 18.3 Å². The van der Waals surface area contributed by atoms with Crippen LogP contribution in [0.1, 0.15) is 43.4 Å². The molecule has 1 aliphatic heterocycles. The number of carbonyl (C=O) groups is 2. The lowest BCUT2D eigenvalue weighted by Gasteiger charge is -2.12. The van der Waals surface area contributed by atoms with Crippen molar-refractivity contribution >= 4 is 11.8 Å². The molecule has 3 rings (SSSR count). The van der Waals surface area contributed by atoms with Crippen LogP contribution in [0.15, 0.2) is 23.0 Å². The van der Waals surface area contributed by atoms with Crippen molar-refractivity contribution in [3.8, 4) is 0 Å². The highest BCUT2D eigenvalue weighted by Gasteiger charge is 2.39. The monoisotopic (exact) mass is 316 g/mol. The Morgan fingerprint density at radius 2 is 2.13 bits per heavy atom. The number of carbonyl (C=O) groups excluding carboxylic acids is 2. The Morgan fingerprint density at radius 1 is 1.35 bits per heavy atom. The van der Waals surface area contributed by atoms with Crippen molar-refractivity contribution in [2.75, 3.05) is 0 Å². The lowest BCUT2D eigenvalue weighted by atomic mass is 10.0. The molecule has 1 aliphatic rings. The molecule has 122 valence electrons. The molecule has 0 aromatic carbocycles. The molecule has 2 aromatic heterocycles. The average Bonchev–Trinajstić information content (AvgIpc) is 3.17. The van der Waals surface area contributed by atoms with Crippen molar-refractivity contribution in [3.63, 3.8) is 0 Å². The zero-order valence-electron chi connectivity index (χ0n) is 13.5. The van der Waals surface area contributed by atoms with Crippen molar-refractivity contribution < 1.29 is 14.0 Å². The standard InChI is InChI=1S/C16H20N4O3/c1-10(2)13-7-17-14(23-13)9-20-15(21)5-12(16(20)22)4-11-6-18-19(3)8-11/h6-8,10,12H,4-5,9H2,1-3H3/t12-/m1/s1. The maximum Gasteiger partial charge on any atom is 0.233 e. The topological polar surface area (TPSA) is 81.2 Å². The van der Waals surface area contributed by atoms with Gasteiger partial charge in [-0.1, -0.05) is 13.8 Å². The molecule has 0 spiro atoms. The van der Waals surface area contributed by atoms with Gasteiger partial charge in [0.25, 0.3) is 0 Å². The van der Waals surface area contributed by atoms with Crippen molar-refractivity contribution in [2.45, 2.75) is 39.2 Å². The molecule has 0 saturated carbocycles. The van der Waals surface area contributed by atoms with Gasteiger partial charge in [0.15, 0.2) is 0 Å². The fraction of sp³-hybridized carbons (Fsp3) is 0.500. The van der Waals surface area contributed by atoms with Crippen molar-refractivity contribution in [1.82, 2.24) is 19.7 Å². The first-order valence-corrected chi connectivity index (χ1v) is 7.70. The summed E-state index contributed by atoms with van der Waals surface area (Å²) in [5.41, 5.74) is 0.957. The highest BCUT2D eigenvalue weighted by Crippen LogP contribution is 2.25. The van der Waals surface area contributed by atoms with Crippen LogP contribution in [0, 0.1) is 5.92 Å². The number of nitrogens with zero attached hydrogens (tertiary/aromatic N) is 4. The summed E-state index contributed by atoms with van der Waals surface area (Å²) in [7, 11) is 1.83. The molecule has 0 unspecified atom stereocenters. The van der Waals surface area contributed by atoms with Crippen LogP contribution in [0.3, 0.4) is 0 Å². The minimum Gasteiger partial charge on any atom is -0.443 e. The van der Waals surface area contributed by atoms with Crippen molar-refractivity contribution in [3.05, 3.63) is 35.8 Å². The van der Waals surface area contributed by atoms with Gasteiger partial charge in [-0.05, 0) is 12.0 Å². The minimum absolute atomic E-state index is 0.105. The molecule has 23 heavy (non-hydrogen) atoms. The SMILES string of the molecule is CC(C)c1cnc(CN2C(=O)C[C@@H](Cc3cnn(C)c3)C2=O)o1. The third kappa shape index (κ3) is 3.18. The van der Waals surface area contributed by atoms with Gasteiger partial charge in [-0.2, -0.15) is 5.10 Å². The molecule has 2 aromatic rings. The van der Waals surface area contributed by atoms with Crippen molar-refractivity contribution in [1.29, 1.82) is 0 Å². The molecule has 0 N–H and O–H groups in total. The number of imide groups is 1. The molecule has 7 nitrogen and oxygen atoms in total. The second-order valence-electron chi connectivity index (χ2n) is 6.26. The number of amides is 2. The maximum atomic E-state index is 12.5. The summed E-state index contributed by atoms with van der Waals surface area (Å²) >= 11 is 0. The molecule has 0 aliphatic carbocycles. The van der Waals surface area contributed by atoms with E-state index in [2.05, 4.69) is 10.1 Å². The second-order valence-corrected chi connectivity index (χ2v) is 6.26. The van der Waals surface area contributed by atoms with Gasteiger partial charge in [0.1, 0.15) is 12.3 Å².